The highest BCUT2D eigenvalue weighted by Gasteiger charge is 2.13. The van der Waals surface area contributed by atoms with Crippen molar-refractivity contribution in [1.29, 1.82) is 0 Å². The molecule has 4 aromatic rings. The lowest BCUT2D eigenvalue weighted by Crippen LogP contribution is -2.21. The fraction of sp³-hybridized carbons (Fsp3) is 0.217. The van der Waals surface area contributed by atoms with Crippen LogP contribution >= 0.6 is 15.9 Å². The molecule has 0 saturated heterocycles. The number of benzene rings is 2. The van der Waals surface area contributed by atoms with E-state index in [0.717, 1.165) is 28.8 Å². The molecule has 0 spiro atoms. The SMILES string of the molecule is CN(CCCNc1cc(-c2ccccc2O)nc2c(Br)cnn12)Cc1cc(O)cc(O)c1. The number of fused-ring (bicyclic) bond motifs is 1. The predicted octanol–water partition coefficient (Wildman–Crippen LogP) is 4.21. The second-order valence-electron chi connectivity index (χ2n) is 7.65. The van der Waals surface area contributed by atoms with Crippen LogP contribution in [0.4, 0.5) is 5.82 Å². The van der Waals surface area contributed by atoms with Crippen molar-refractivity contribution < 1.29 is 15.3 Å². The number of hydrogen-bond acceptors (Lipinski definition) is 7. The minimum absolute atomic E-state index is 0.0578. The molecule has 4 rings (SSSR count). The Morgan fingerprint density at radius 1 is 1.06 bits per heavy atom. The van der Waals surface area contributed by atoms with Gasteiger partial charge in [-0.1, -0.05) is 12.1 Å². The van der Waals surface area contributed by atoms with Gasteiger partial charge in [0.05, 0.1) is 16.4 Å². The van der Waals surface area contributed by atoms with Gasteiger partial charge >= 0.3 is 0 Å². The van der Waals surface area contributed by atoms with Crippen molar-refractivity contribution in [3.63, 3.8) is 0 Å². The number of aromatic nitrogens is 3. The molecule has 0 radical (unpaired) electrons. The summed E-state index contributed by atoms with van der Waals surface area (Å²) in [5, 5.41) is 37.3. The molecule has 166 valence electrons. The lowest BCUT2D eigenvalue weighted by Gasteiger charge is -2.17. The van der Waals surface area contributed by atoms with Crippen LogP contribution in [0.25, 0.3) is 16.9 Å². The Hall–Kier alpha value is -3.30. The fourth-order valence-corrected chi connectivity index (χ4v) is 3.94. The first kappa shape index (κ1) is 21.9. The van der Waals surface area contributed by atoms with Crippen LogP contribution in [0.15, 0.2) is 59.2 Å². The Kier molecular flexibility index (Phi) is 6.48. The van der Waals surface area contributed by atoms with Crippen LogP contribution in [0.1, 0.15) is 12.0 Å². The summed E-state index contributed by atoms with van der Waals surface area (Å²) < 4.78 is 2.50. The van der Waals surface area contributed by atoms with Gasteiger partial charge < -0.3 is 25.5 Å². The number of hydrogen-bond donors (Lipinski definition) is 4. The summed E-state index contributed by atoms with van der Waals surface area (Å²) in [6, 6.07) is 13.6. The average Bonchev–Trinajstić information content (AvgIpc) is 3.11. The van der Waals surface area contributed by atoms with E-state index in [9.17, 15) is 15.3 Å². The average molecular weight is 498 g/mol. The Balaban J connectivity index is 1.43. The van der Waals surface area contributed by atoms with Crippen molar-refractivity contribution in [3.8, 4) is 28.5 Å². The summed E-state index contributed by atoms with van der Waals surface area (Å²) in [5.74, 6) is 1.06. The van der Waals surface area contributed by atoms with Crippen LogP contribution < -0.4 is 5.32 Å². The van der Waals surface area contributed by atoms with Gasteiger partial charge in [0.15, 0.2) is 5.65 Å². The maximum Gasteiger partial charge on any atom is 0.172 e. The molecule has 0 aliphatic rings. The highest BCUT2D eigenvalue weighted by atomic mass is 79.9. The summed E-state index contributed by atoms with van der Waals surface area (Å²) in [6.45, 7) is 2.13. The second kappa shape index (κ2) is 9.46. The largest absolute Gasteiger partial charge is 0.508 e. The van der Waals surface area contributed by atoms with E-state index < -0.39 is 0 Å². The molecule has 0 bridgehead atoms. The molecular formula is C23H24BrN5O3. The van der Waals surface area contributed by atoms with E-state index in [1.165, 1.54) is 6.07 Å². The van der Waals surface area contributed by atoms with Gasteiger partial charge in [-0.2, -0.15) is 9.61 Å². The zero-order chi connectivity index (χ0) is 22.7. The van der Waals surface area contributed by atoms with Crippen LogP contribution in [0.2, 0.25) is 0 Å². The van der Waals surface area contributed by atoms with E-state index in [2.05, 4.69) is 36.2 Å². The van der Waals surface area contributed by atoms with E-state index in [1.54, 1.807) is 35.0 Å². The van der Waals surface area contributed by atoms with Crippen LogP contribution in [0, 0.1) is 0 Å². The first-order valence-electron chi connectivity index (χ1n) is 10.2. The van der Waals surface area contributed by atoms with Gasteiger partial charge in [0, 0.05) is 30.8 Å². The lowest BCUT2D eigenvalue weighted by molar-refractivity contribution is 0.324. The van der Waals surface area contributed by atoms with Crippen molar-refractivity contribution in [2.75, 3.05) is 25.5 Å². The molecular weight excluding hydrogens is 474 g/mol. The number of nitrogens with one attached hydrogen (secondary N) is 1. The number of para-hydroxylation sites is 1. The quantitative estimate of drug-likeness (QED) is 0.270. The zero-order valence-electron chi connectivity index (χ0n) is 17.5. The first-order chi connectivity index (χ1) is 15.4. The summed E-state index contributed by atoms with van der Waals surface area (Å²) >= 11 is 3.49. The highest BCUT2D eigenvalue weighted by molar-refractivity contribution is 9.10. The number of anilines is 1. The van der Waals surface area contributed by atoms with Crippen molar-refractivity contribution >= 4 is 27.4 Å². The van der Waals surface area contributed by atoms with Crippen LogP contribution in [-0.4, -0.2) is 55.0 Å². The molecule has 0 aliphatic carbocycles. The van der Waals surface area contributed by atoms with Crippen LogP contribution in [-0.2, 0) is 6.54 Å². The molecule has 4 N–H and O–H groups in total. The number of aromatic hydroxyl groups is 3. The van der Waals surface area contributed by atoms with Gasteiger partial charge in [0.25, 0.3) is 0 Å². The van der Waals surface area contributed by atoms with Crippen molar-refractivity contribution in [2.24, 2.45) is 0 Å². The Morgan fingerprint density at radius 2 is 1.81 bits per heavy atom. The zero-order valence-corrected chi connectivity index (χ0v) is 19.1. The number of rotatable bonds is 8. The van der Waals surface area contributed by atoms with Crippen molar-refractivity contribution in [3.05, 3.63) is 64.8 Å². The number of halogens is 1. The smallest absolute Gasteiger partial charge is 0.172 e. The first-order valence-corrected chi connectivity index (χ1v) is 11.0. The van der Waals surface area contributed by atoms with Crippen molar-refractivity contribution in [2.45, 2.75) is 13.0 Å². The van der Waals surface area contributed by atoms with Gasteiger partial charge in [0.2, 0.25) is 0 Å². The number of phenolic OH excluding ortho intramolecular Hbond substituents is 3. The van der Waals surface area contributed by atoms with Gasteiger partial charge in [-0.25, -0.2) is 4.98 Å². The predicted molar refractivity (Wildman–Crippen MR) is 127 cm³/mol. The minimum atomic E-state index is 0.0578. The molecule has 0 amide bonds. The summed E-state index contributed by atoms with van der Waals surface area (Å²) in [7, 11) is 1.99. The van der Waals surface area contributed by atoms with E-state index >= 15 is 0 Å². The molecule has 8 nitrogen and oxygen atoms in total. The Bertz CT molecular complexity index is 1220. The molecule has 0 fully saturated rings. The second-order valence-corrected chi connectivity index (χ2v) is 8.50. The van der Waals surface area contributed by atoms with Crippen LogP contribution in [0.5, 0.6) is 17.2 Å². The van der Waals surface area contributed by atoms with E-state index in [-0.39, 0.29) is 17.2 Å². The molecule has 0 aliphatic heterocycles. The van der Waals surface area contributed by atoms with E-state index in [4.69, 9.17) is 0 Å². The minimum Gasteiger partial charge on any atom is -0.508 e. The molecule has 0 unspecified atom stereocenters. The number of nitrogens with zero attached hydrogens (tertiary/aromatic N) is 4. The van der Waals surface area contributed by atoms with Gasteiger partial charge in [-0.05, 0) is 65.8 Å². The molecule has 2 aromatic heterocycles. The third-order valence-electron chi connectivity index (χ3n) is 5.05. The molecule has 0 atom stereocenters. The van der Waals surface area contributed by atoms with Gasteiger partial charge in [-0.3, -0.25) is 0 Å². The number of phenols is 3. The third kappa shape index (κ3) is 4.95. The third-order valence-corrected chi connectivity index (χ3v) is 5.61. The maximum absolute atomic E-state index is 10.2. The maximum atomic E-state index is 10.2. The molecule has 32 heavy (non-hydrogen) atoms. The Morgan fingerprint density at radius 3 is 2.56 bits per heavy atom. The van der Waals surface area contributed by atoms with Gasteiger partial charge in [0.1, 0.15) is 23.1 Å². The monoisotopic (exact) mass is 497 g/mol. The topological polar surface area (TPSA) is 106 Å². The molecule has 0 saturated carbocycles. The molecule has 2 heterocycles. The van der Waals surface area contributed by atoms with E-state index in [1.807, 2.05) is 25.2 Å². The normalized spacial score (nSPS) is 11.3. The van der Waals surface area contributed by atoms with E-state index in [0.29, 0.717) is 30.0 Å². The standard InChI is InChI=1S/C23H24BrN5O3/c1-28(14-15-9-16(30)11-17(31)10-15)8-4-7-25-22-12-20(18-5-2-3-6-21(18)32)27-23-19(24)13-26-29(22)23/h2-3,5-6,9-13,25,30-32H,4,7-8,14H2,1H3. The Labute approximate surface area is 193 Å². The summed E-state index contributed by atoms with van der Waals surface area (Å²) in [4.78, 5) is 6.77. The van der Waals surface area contributed by atoms with Crippen molar-refractivity contribution in [1.82, 2.24) is 19.5 Å². The van der Waals surface area contributed by atoms with Gasteiger partial charge in [-0.15, -0.1) is 0 Å². The fourth-order valence-electron chi connectivity index (χ4n) is 3.59. The summed E-state index contributed by atoms with van der Waals surface area (Å²) in [6.07, 6.45) is 2.56. The molecule has 9 heteroatoms. The lowest BCUT2D eigenvalue weighted by atomic mass is 10.1. The van der Waals surface area contributed by atoms with Crippen LogP contribution in [0.3, 0.4) is 0 Å². The molecule has 2 aromatic carbocycles. The highest BCUT2D eigenvalue weighted by Crippen LogP contribution is 2.31. The summed E-state index contributed by atoms with van der Waals surface area (Å²) in [5.41, 5.74) is 2.82.